The van der Waals surface area contributed by atoms with Gasteiger partial charge in [0, 0.05) is 28.2 Å². The van der Waals surface area contributed by atoms with Crippen LogP contribution in [0.3, 0.4) is 0 Å². The Labute approximate surface area is 230 Å². The highest BCUT2D eigenvalue weighted by Gasteiger charge is 2.23. The van der Waals surface area contributed by atoms with Crippen LogP contribution in [0.1, 0.15) is 35.0 Å². The highest BCUT2D eigenvalue weighted by atomic mass is 35.5. The molecule has 1 aromatic rings. The first-order valence-corrected chi connectivity index (χ1v) is 12.3. The third-order valence-electron chi connectivity index (χ3n) is 5.42. The maximum absolute atomic E-state index is 13.3. The van der Waals surface area contributed by atoms with Crippen molar-refractivity contribution < 1.29 is 9.59 Å². The summed E-state index contributed by atoms with van der Waals surface area (Å²) >= 11 is 6.08. The second kappa shape index (κ2) is 15.0. The molecule has 1 heterocycles. The Kier molecular flexibility index (Phi) is 11.7. The van der Waals surface area contributed by atoms with Gasteiger partial charge >= 0.3 is 0 Å². The number of allylic oxidation sites excluding steroid dienone is 13. The molecule has 0 fully saturated rings. The van der Waals surface area contributed by atoms with Gasteiger partial charge in [-0.2, -0.15) is 0 Å². The maximum Gasteiger partial charge on any atom is 0.274 e. The Bertz CT molecular complexity index is 1320. The fourth-order valence-corrected chi connectivity index (χ4v) is 3.64. The van der Waals surface area contributed by atoms with Crippen LogP contribution in [0.25, 0.3) is 0 Å². The Morgan fingerprint density at radius 3 is 2.47 bits per heavy atom. The molecule has 0 unspecified atom stereocenters. The van der Waals surface area contributed by atoms with E-state index in [1.54, 1.807) is 53.5 Å². The van der Waals surface area contributed by atoms with Crippen LogP contribution in [0.4, 0.5) is 5.82 Å². The molecule has 6 nitrogen and oxygen atoms in total. The number of rotatable bonds is 12. The number of carbonyl (C=O) groups excluding carboxylic acids is 2. The van der Waals surface area contributed by atoms with E-state index in [9.17, 15) is 9.59 Å². The van der Waals surface area contributed by atoms with Crippen molar-refractivity contribution in [1.82, 2.24) is 15.6 Å². The topological polar surface area (TPSA) is 74.3 Å². The summed E-state index contributed by atoms with van der Waals surface area (Å²) in [5.41, 5.74) is 3.76. The molecule has 0 aliphatic heterocycles. The van der Waals surface area contributed by atoms with Gasteiger partial charge in [0.15, 0.2) is 0 Å². The zero-order valence-corrected chi connectivity index (χ0v) is 22.8. The van der Waals surface area contributed by atoms with Crippen molar-refractivity contribution in [2.45, 2.75) is 27.2 Å². The molecule has 0 bridgehead atoms. The van der Waals surface area contributed by atoms with Crippen molar-refractivity contribution in [1.29, 1.82) is 0 Å². The van der Waals surface area contributed by atoms with E-state index >= 15 is 0 Å². The zero-order chi connectivity index (χ0) is 28.1. The monoisotopic (exact) mass is 528 g/mol. The lowest BCUT2D eigenvalue weighted by Crippen LogP contribution is -2.33. The molecule has 0 atom stereocenters. The smallest absolute Gasteiger partial charge is 0.274 e. The molecule has 196 valence electrons. The summed E-state index contributed by atoms with van der Waals surface area (Å²) in [6.45, 7) is 17.1. The van der Waals surface area contributed by atoms with Crippen LogP contribution in [0.15, 0.2) is 127 Å². The lowest BCUT2D eigenvalue weighted by Gasteiger charge is -2.30. The van der Waals surface area contributed by atoms with Crippen LogP contribution >= 0.6 is 11.6 Å². The van der Waals surface area contributed by atoms with Crippen LogP contribution in [0, 0.1) is 13.8 Å². The molecule has 1 aliphatic carbocycles. The summed E-state index contributed by atoms with van der Waals surface area (Å²) < 4.78 is 0. The van der Waals surface area contributed by atoms with Gasteiger partial charge in [-0.1, -0.05) is 61.7 Å². The third kappa shape index (κ3) is 8.05. The number of aryl methyl sites for hydroxylation is 1. The summed E-state index contributed by atoms with van der Waals surface area (Å²) in [6, 6.07) is 1.73. The molecular weight excluding hydrogens is 496 g/mol. The number of carbonyl (C=O) groups is 2. The van der Waals surface area contributed by atoms with Crippen molar-refractivity contribution in [3.63, 3.8) is 0 Å². The van der Waals surface area contributed by atoms with Gasteiger partial charge in [-0.05, 0) is 80.8 Å². The van der Waals surface area contributed by atoms with Crippen molar-refractivity contribution in [3.8, 4) is 0 Å². The summed E-state index contributed by atoms with van der Waals surface area (Å²) in [5.74, 6) is 0.469. The van der Waals surface area contributed by atoms with Crippen molar-refractivity contribution >= 4 is 29.6 Å². The number of pyridine rings is 1. The van der Waals surface area contributed by atoms with E-state index in [1.165, 1.54) is 6.08 Å². The number of halogens is 1. The predicted octanol–water partition coefficient (Wildman–Crippen LogP) is 6.73. The number of amides is 1. The van der Waals surface area contributed by atoms with Crippen molar-refractivity contribution in [2.75, 3.05) is 4.90 Å². The molecule has 7 heteroatoms. The Morgan fingerprint density at radius 1 is 1.11 bits per heavy atom. The van der Waals surface area contributed by atoms with E-state index < -0.39 is 0 Å². The molecule has 0 saturated carbocycles. The number of hydrogen-bond donors (Lipinski definition) is 2. The number of anilines is 1. The fourth-order valence-electron chi connectivity index (χ4n) is 3.49. The normalized spacial score (nSPS) is 14.3. The molecule has 0 aromatic carbocycles. The second-order valence-corrected chi connectivity index (χ2v) is 8.52. The molecule has 1 amide bonds. The van der Waals surface area contributed by atoms with Gasteiger partial charge in [-0.3, -0.25) is 14.5 Å². The average Bonchev–Trinajstić information content (AvgIpc) is 3.10. The number of aldehydes is 1. The standard InChI is InChI=1S/C31H33ClN4O2/c1-7-12-25(10-4)33-29(19-20-37)36(27(13-8-2)14-9-3)30-23(6)22(5)21-28(35-30)31(38)34-26-16-11-15-24(32)17-18-26/h7-10,12-21,33H,1-2,4,11H2,3,5-6H3,(H,34,38)/b14-9-,25-12+,27-13+,29-19-. The fraction of sp³-hybridized carbons (Fsp3) is 0.129. The minimum atomic E-state index is -0.379. The number of aromatic nitrogens is 1. The Morgan fingerprint density at radius 2 is 1.84 bits per heavy atom. The molecule has 0 radical (unpaired) electrons. The Hall–Kier alpha value is -4.42. The minimum Gasteiger partial charge on any atom is -0.341 e. The largest absolute Gasteiger partial charge is 0.341 e. The van der Waals surface area contributed by atoms with Gasteiger partial charge < -0.3 is 10.6 Å². The number of nitrogens with zero attached hydrogens (tertiary/aromatic N) is 2. The highest BCUT2D eigenvalue weighted by molar-refractivity contribution is 6.31. The molecule has 2 N–H and O–H groups in total. The lowest BCUT2D eigenvalue weighted by molar-refractivity contribution is -0.104. The van der Waals surface area contributed by atoms with Crippen molar-refractivity contribution in [3.05, 3.63) is 143 Å². The predicted molar refractivity (Wildman–Crippen MR) is 158 cm³/mol. The number of nitrogens with one attached hydrogen (secondary N) is 2. The average molecular weight is 529 g/mol. The second-order valence-electron chi connectivity index (χ2n) is 8.08. The first kappa shape index (κ1) is 29.8. The van der Waals surface area contributed by atoms with Crippen LogP contribution in [-0.2, 0) is 4.79 Å². The molecule has 2 rings (SSSR count). The van der Waals surface area contributed by atoms with E-state index in [2.05, 4.69) is 30.4 Å². The quantitative estimate of drug-likeness (QED) is 0.179. The van der Waals surface area contributed by atoms with Gasteiger partial charge in [0.1, 0.15) is 23.6 Å². The third-order valence-corrected chi connectivity index (χ3v) is 5.70. The lowest BCUT2D eigenvalue weighted by atomic mass is 10.1. The summed E-state index contributed by atoms with van der Waals surface area (Å²) in [7, 11) is 0. The van der Waals surface area contributed by atoms with Gasteiger partial charge in [-0.15, -0.1) is 0 Å². The van der Waals surface area contributed by atoms with E-state index in [0.717, 1.165) is 11.1 Å². The molecule has 1 aromatic heterocycles. The van der Waals surface area contributed by atoms with Gasteiger partial charge in [-0.25, -0.2) is 4.98 Å². The number of hydrogen-bond acceptors (Lipinski definition) is 5. The summed E-state index contributed by atoms with van der Waals surface area (Å²) in [5, 5.41) is 6.71. The minimum absolute atomic E-state index is 0.208. The van der Waals surface area contributed by atoms with Crippen LogP contribution < -0.4 is 15.5 Å². The molecule has 0 spiro atoms. The van der Waals surface area contributed by atoms with Crippen LogP contribution in [-0.4, -0.2) is 17.2 Å². The highest BCUT2D eigenvalue weighted by Crippen LogP contribution is 2.29. The van der Waals surface area contributed by atoms with Crippen molar-refractivity contribution in [2.24, 2.45) is 0 Å². The van der Waals surface area contributed by atoms with Gasteiger partial charge in [0.05, 0.1) is 0 Å². The van der Waals surface area contributed by atoms with Crippen LogP contribution in [0.5, 0.6) is 0 Å². The van der Waals surface area contributed by atoms with Gasteiger partial charge in [0.25, 0.3) is 5.91 Å². The summed E-state index contributed by atoms with van der Waals surface area (Å²) in [4.78, 5) is 31.5. The molecule has 1 aliphatic rings. The maximum atomic E-state index is 13.3. The van der Waals surface area contributed by atoms with E-state index in [1.807, 2.05) is 45.1 Å². The first-order valence-electron chi connectivity index (χ1n) is 12.0. The Balaban J connectivity index is 2.71. The SMILES string of the molecule is C=C/C=C(\C=C)N/C(=C/C=O)N(C(/C=C\C)=C/C=C)c1nc(C(=O)NC2=CCC=C(Cl)C=C2)cc(C)c1C. The van der Waals surface area contributed by atoms with E-state index in [0.29, 0.717) is 46.5 Å². The van der Waals surface area contributed by atoms with E-state index in [-0.39, 0.29) is 11.6 Å². The molecular formula is C31H33ClN4O2. The first-order chi connectivity index (χ1) is 18.3. The summed E-state index contributed by atoms with van der Waals surface area (Å²) in [6.07, 6.45) is 21.9. The van der Waals surface area contributed by atoms with E-state index in [4.69, 9.17) is 16.6 Å². The van der Waals surface area contributed by atoms with Gasteiger partial charge in [0.2, 0.25) is 0 Å². The zero-order valence-electron chi connectivity index (χ0n) is 22.0. The van der Waals surface area contributed by atoms with Crippen LogP contribution in [0.2, 0.25) is 0 Å². The molecule has 38 heavy (non-hydrogen) atoms. The molecule has 0 saturated heterocycles.